The molecule has 2 aliphatic rings. The van der Waals surface area contributed by atoms with Crippen LogP contribution in [0.25, 0.3) is 0 Å². The fraction of sp³-hybridized carbons (Fsp3) is 0.619. The fourth-order valence-electron chi connectivity index (χ4n) is 4.01. The number of carbonyl (C=O) groups is 2. The van der Waals surface area contributed by atoms with E-state index in [1.807, 2.05) is 28.0 Å². The Bertz CT molecular complexity index is 599. The molecule has 0 aromatic heterocycles. The van der Waals surface area contributed by atoms with Gasteiger partial charge < -0.3 is 14.7 Å². The first kappa shape index (κ1) is 18.9. The minimum atomic E-state index is 0.0981. The standard InChI is InChI=1S/C21H31N3O2/c1-2-19-17-23(20(25)10-14-22-12-6-7-13-22)15-11-21(26)24(19)16-18-8-4-3-5-9-18/h3-5,8-9,19H,2,6-7,10-17H2,1H3/t19-/m1/s1. The van der Waals surface area contributed by atoms with Crippen molar-refractivity contribution in [3.8, 4) is 0 Å². The quantitative estimate of drug-likeness (QED) is 0.786. The molecule has 2 heterocycles. The Hall–Kier alpha value is -1.88. The smallest absolute Gasteiger partial charge is 0.224 e. The van der Waals surface area contributed by atoms with Crippen LogP contribution in [0.4, 0.5) is 0 Å². The van der Waals surface area contributed by atoms with Gasteiger partial charge in [-0.3, -0.25) is 9.59 Å². The summed E-state index contributed by atoms with van der Waals surface area (Å²) in [7, 11) is 0. The van der Waals surface area contributed by atoms with Gasteiger partial charge in [-0.05, 0) is 37.9 Å². The van der Waals surface area contributed by atoms with Crippen LogP contribution < -0.4 is 0 Å². The van der Waals surface area contributed by atoms with Crippen molar-refractivity contribution in [2.75, 3.05) is 32.7 Å². The molecule has 1 aromatic carbocycles. The molecule has 0 aliphatic carbocycles. The first-order valence-corrected chi connectivity index (χ1v) is 10.0. The third-order valence-corrected chi connectivity index (χ3v) is 5.65. The van der Waals surface area contributed by atoms with E-state index in [2.05, 4.69) is 24.0 Å². The lowest BCUT2D eigenvalue weighted by Gasteiger charge is -2.31. The van der Waals surface area contributed by atoms with Gasteiger partial charge in [-0.25, -0.2) is 0 Å². The monoisotopic (exact) mass is 357 g/mol. The summed E-state index contributed by atoms with van der Waals surface area (Å²) < 4.78 is 0. The first-order chi connectivity index (χ1) is 12.7. The van der Waals surface area contributed by atoms with Gasteiger partial charge in [0.25, 0.3) is 0 Å². The molecule has 0 spiro atoms. The van der Waals surface area contributed by atoms with E-state index in [4.69, 9.17) is 0 Å². The average molecular weight is 357 g/mol. The predicted molar refractivity (Wildman–Crippen MR) is 103 cm³/mol. The molecule has 5 heteroatoms. The van der Waals surface area contributed by atoms with Crippen LogP contribution >= 0.6 is 0 Å². The van der Waals surface area contributed by atoms with Crippen LogP contribution in [0.1, 0.15) is 44.6 Å². The zero-order chi connectivity index (χ0) is 18.4. The van der Waals surface area contributed by atoms with E-state index in [9.17, 15) is 9.59 Å². The van der Waals surface area contributed by atoms with E-state index < -0.39 is 0 Å². The number of hydrogen-bond donors (Lipinski definition) is 0. The highest BCUT2D eigenvalue weighted by molar-refractivity contribution is 5.80. The van der Waals surface area contributed by atoms with Crippen LogP contribution in [-0.4, -0.2) is 65.3 Å². The highest BCUT2D eigenvalue weighted by atomic mass is 16.2. The lowest BCUT2D eigenvalue weighted by atomic mass is 10.1. The molecule has 1 aromatic rings. The molecule has 0 radical (unpaired) electrons. The van der Waals surface area contributed by atoms with Gasteiger partial charge in [-0.1, -0.05) is 37.3 Å². The topological polar surface area (TPSA) is 43.9 Å². The lowest BCUT2D eigenvalue weighted by Crippen LogP contribution is -2.44. The van der Waals surface area contributed by atoms with Gasteiger partial charge in [0, 0.05) is 45.1 Å². The van der Waals surface area contributed by atoms with Gasteiger partial charge in [0.2, 0.25) is 11.8 Å². The van der Waals surface area contributed by atoms with Crippen molar-refractivity contribution in [1.82, 2.24) is 14.7 Å². The zero-order valence-corrected chi connectivity index (χ0v) is 15.9. The number of hydrogen-bond acceptors (Lipinski definition) is 3. The maximum Gasteiger partial charge on any atom is 0.224 e. The summed E-state index contributed by atoms with van der Waals surface area (Å²) >= 11 is 0. The second-order valence-electron chi connectivity index (χ2n) is 7.46. The predicted octanol–water partition coefficient (Wildman–Crippen LogP) is 2.51. The van der Waals surface area contributed by atoms with Crippen LogP contribution in [0.15, 0.2) is 30.3 Å². The summed E-state index contributed by atoms with van der Waals surface area (Å²) in [6, 6.07) is 10.2. The van der Waals surface area contributed by atoms with Crippen molar-refractivity contribution in [1.29, 1.82) is 0 Å². The second-order valence-corrected chi connectivity index (χ2v) is 7.46. The van der Waals surface area contributed by atoms with E-state index in [-0.39, 0.29) is 17.9 Å². The Morgan fingerprint density at radius 3 is 2.54 bits per heavy atom. The van der Waals surface area contributed by atoms with Crippen LogP contribution in [0.5, 0.6) is 0 Å². The molecule has 5 nitrogen and oxygen atoms in total. The largest absolute Gasteiger partial charge is 0.340 e. The Kier molecular flexibility index (Phi) is 6.67. The fourth-order valence-corrected chi connectivity index (χ4v) is 4.01. The summed E-state index contributed by atoms with van der Waals surface area (Å²) in [5, 5.41) is 0. The van der Waals surface area contributed by atoms with Crippen LogP contribution in [0.2, 0.25) is 0 Å². The Labute approximate surface area is 156 Å². The summed E-state index contributed by atoms with van der Waals surface area (Å²) in [6.07, 6.45) is 4.37. The molecule has 0 unspecified atom stereocenters. The summed E-state index contributed by atoms with van der Waals surface area (Å²) in [4.78, 5) is 31.7. The van der Waals surface area contributed by atoms with Crippen LogP contribution in [0, 0.1) is 0 Å². The van der Waals surface area contributed by atoms with E-state index in [0.717, 1.165) is 31.6 Å². The number of carbonyl (C=O) groups excluding carboxylic acids is 2. The third kappa shape index (κ3) is 4.85. The summed E-state index contributed by atoms with van der Waals surface area (Å²) in [5.41, 5.74) is 1.15. The van der Waals surface area contributed by atoms with Gasteiger partial charge in [-0.2, -0.15) is 0 Å². The van der Waals surface area contributed by atoms with E-state index in [0.29, 0.717) is 32.5 Å². The number of amides is 2. The first-order valence-electron chi connectivity index (χ1n) is 10.0. The molecule has 2 amide bonds. The average Bonchev–Trinajstić information content (AvgIpc) is 3.13. The Morgan fingerprint density at radius 2 is 1.85 bits per heavy atom. The third-order valence-electron chi connectivity index (χ3n) is 5.65. The maximum atomic E-state index is 12.7. The number of likely N-dealkylation sites (tertiary alicyclic amines) is 1. The van der Waals surface area contributed by atoms with Crippen molar-refractivity contribution < 1.29 is 9.59 Å². The minimum Gasteiger partial charge on any atom is -0.340 e. The molecule has 1 atom stereocenters. The van der Waals surface area contributed by atoms with Crippen molar-refractivity contribution >= 4 is 11.8 Å². The van der Waals surface area contributed by atoms with Crippen molar-refractivity contribution in [2.45, 2.75) is 51.6 Å². The van der Waals surface area contributed by atoms with Gasteiger partial charge in [0.05, 0.1) is 0 Å². The van der Waals surface area contributed by atoms with E-state index in [1.54, 1.807) is 0 Å². The van der Waals surface area contributed by atoms with Crippen molar-refractivity contribution in [3.63, 3.8) is 0 Å². The molecule has 0 saturated carbocycles. The number of benzene rings is 1. The Morgan fingerprint density at radius 1 is 1.12 bits per heavy atom. The van der Waals surface area contributed by atoms with Gasteiger partial charge in [0.1, 0.15) is 0 Å². The second kappa shape index (κ2) is 9.17. The van der Waals surface area contributed by atoms with Gasteiger partial charge in [0.15, 0.2) is 0 Å². The molecule has 0 N–H and O–H groups in total. The highest BCUT2D eigenvalue weighted by Crippen LogP contribution is 2.18. The maximum absolute atomic E-state index is 12.7. The number of rotatable bonds is 6. The summed E-state index contributed by atoms with van der Waals surface area (Å²) in [6.45, 7) is 7.05. The molecule has 2 saturated heterocycles. The molecule has 2 aliphatic heterocycles. The van der Waals surface area contributed by atoms with Crippen LogP contribution in [-0.2, 0) is 16.1 Å². The van der Waals surface area contributed by atoms with Crippen LogP contribution in [0.3, 0.4) is 0 Å². The lowest BCUT2D eigenvalue weighted by molar-refractivity contribution is -0.133. The van der Waals surface area contributed by atoms with Gasteiger partial charge in [-0.15, -0.1) is 0 Å². The van der Waals surface area contributed by atoms with E-state index >= 15 is 0 Å². The normalized spacial score (nSPS) is 21.9. The highest BCUT2D eigenvalue weighted by Gasteiger charge is 2.30. The van der Waals surface area contributed by atoms with Gasteiger partial charge >= 0.3 is 0 Å². The molecule has 26 heavy (non-hydrogen) atoms. The Balaban J connectivity index is 1.60. The summed E-state index contributed by atoms with van der Waals surface area (Å²) in [5.74, 6) is 0.361. The molecule has 142 valence electrons. The van der Waals surface area contributed by atoms with Crippen molar-refractivity contribution in [3.05, 3.63) is 35.9 Å². The number of nitrogens with zero attached hydrogens (tertiary/aromatic N) is 3. The molecular weight excluding hydrogens is 326 g/mol. The van der Waals surface area contributed by atoms with Crippen molar-refractivity contribution in [2.24, 2.45) is 0 Å². The molecule has 2 fully saturated rings. The SMILES string of the molecule is CC[C@@H]1CN(C(=O)CCN2CCCC2)CCC(=O)N1Cc1ccccc1. The molecular formula is C21H31N3O2. The molecule has 0 bridgehead atoms. The molecule has 3 rings (SSSR count). The zero-order valence-electron chi connectivity index (χ0n) is 15.9. The minimum absolute atomic E-state index is 0.0981. The van der Waals surface area contributed by atoms with E-state index in [1.165, 1.54) is 12.8 Å².